The second kappa shape index (κ2) is 17.0. The van der Waals surface area contributed by atoms with Gasteiger partial charge in [0.2, 0.25) is 0 Å². The number of hydrogen-bond acceptors (Lipinski definition) is 2. The lowest BCUT2D eigenvalue weighted by atomic mass is 9.61. The predicted octanol–water partition coefficient (Wildman–Crippen LogP) is 16.6. The average Bonchev–Trinajstić information content (AvgIpc) is 3.39. The summed E-state index contributed by atoms with van der Waals surface area (Å²) >= 11 is 0. The number of para-hydroxylation sites is 3. The van der Waals surface area contributed by atoms with Gasteiger partial charge in [0.25, 0.3) is 6.33 Å². The number of imidazole rings is 1. The van der Waals surface area contributed by atoms with Crippen LogP contribution >= 0.6 is 0 Å². The van der Waals surface area contributed by atoms with E-state index in [0.29, 0.717) is 39.3 Å². The normalized spacial score (nSPS) is 19.8. The Bertz CT molecular complexity index is 4320. The van der Waals surface area contributed by atoms with Gasteiger partial charge in [-0.2, -0.15) is 0 Å². The number of pyridine rings is 1. The van der Waals surface area contributed by atoms with Crippen LogP contribution in [0.25, 0.3) is 72.3 Å². The first kappa shape index (κ1) is 34.5. The van der Waals surface area contributed by atoms with E-state index < -0.39 is 60.7 Å². The standard InChI is InChI=1S/C66H60N4O/c1-64(2,3)47-34-37-67-61(40-47)70-57-29-15-14-26-52(57)53-33-32-50(42-60(53)70)71-49-25-18-24-48(41-49)68-43-69(59-31-17-16-30-58(59)68)63-54(44-20-10-8-11-21-44)38-46(39-55(63)45-22-12-9-13-23-45)51-27-19-28-56-62(51)66(6,7)36-35-65(56,4)5/h8-22,24-34,37-42,45H,23,35-36H2,1-7H3/i8D,9D,10D,11D,12D,13D,20D,21D,22D,23D. The number of fused-ring (bicyclic) bond motifs is 5. The van der Waals surface area contributed by atoms with Gasteiger partial charge in [-0.05, 0) is 135 Å². The van der Waals surface area contributed by atoms with E-state index in [2.05, 4.69) is 95.8 Å². The molecule has 71 heavy (non-hydrogen) atoms. The van der Waals surface area contributed by atoms with Gasteiger partial charge in [-0.25, -0.2) is 4.98 Å². The Kier molecular flexibility index (Phi) is 8.26. The third-order valence-electron chi connectivity index (χ3n) is 14.6. The molecule has 0 radical (unpaired) electrons. The van der Waals surface area contributed by atoms with Crippen LogP contribution in [0.4, 0.5) is 0 Å². The summed E-state index contributed by atoms with van der Waals surface area (Å²) in [5.74, 6) is 0.603. The number of benzene rings is 7. The molecule has 10 aromatic rings. The number of aromatic nitrogens is 4. The number of hydrogen-bond donors (Lipinski definition) is 0. The van der Waals surface area contributed by atoms with Crippen molar-refractivity contribution in [1.29, 1.82) is 0 Å². The Morgan fingerprint density at radius 2 is 1.46 bits per heavy atom. The van der Waals surface area contributed by atoms with Crippen molar-refractivity contribution in [3.63, 3.8) is 0 Å². The van der Waals surface area contributed by atoms with E-state index in [1.807, 2.05) is 108 Å². The smallest absolute Gasteiger partial charge is 0.269 e. The molecule has 5 heteroatoms. The van der Waals surface area contributed by atoms with Crippen molar-refractivity contribution in [3.05, 3.63) is 223 Å². The van der Waals surface area contributed by atoms with Gasteiger partial charge in [0, 0.05) is 30.3 Å². The summed E-state index contributed by atoms with van der Waals surface area (Å²) in [4.78, 5) is 4.86. The van der Waals surface area contributed by atoms with Crippen molar-refractivity contribution in [1.82, 2.24) is 14.1 Å². The maximum atomic E-state index is 9.65. The molecule has 0 bridgehead atoms. The first-order valence-electron chi connectivity index (χ1n) is 29.4. The summed E-state index contributed by atoms with van der Waals surface area (Å²) in [6.07, 6.45) is 5.75. The fraction of sp³-hybridized carbons (Fsp3) is 0.212. The highest BCUT2D eigenvalue weighted by atomic mass is 16.5. The monoisotopic (exact) mass is 935 g/mol. The highest BCUT2D eigenvalue weighted by molar-refractivity contribution is 6.09. The fourth-order valence-electron chi connectivity index (χ4n) is 10.8. The molecule has 0 amide bonds. The molecule has 2 atom stereocenters. The molecule has 0 saturated heterocycles. The molecule has 0 N–H and O–H groups in total. The van der Waals surface area contributed by atoms with Gasteiger partial charge < -0.3 is 4.74 Å². The topological polar surface area (TPSA) is 35.9 Å². The minimum atomic E-state index is -1.52. The van der Waals surface area contributed by atoms with Crippen LogP contribution in [0.2, 0.25) is 0 Å². The SMILES string of the molecule is [2H]C1=C([2H])C([2H])C(c2cc(-c3cccc4c3C(C)(C)CCC4(C)C)cc(-c3c([2H])c([2H])c([2H])c([2H])c3[2H])c2-[n+]2[c-]n(-c3cccc(Oc4ccc5c6ccccc6n(-c6cc(C(C)(C)C)ccn6)c5c4)c3)c3ccccc32)C([2H])=C1[2H]. The molecule has 12 rings (SSSR count). The zero-order chi connectivity index (χ0) is 57.4. The van der Waals surface area contributed by atoms with Gasteiger partial charge in [0.15, 0.2) is 0 Å². The van der Waals surface area contributed by atoms with Crippen molar-refractivity contribution >= 4 is 32.8 Å². The van der Waals surface area contributed by atoms with E-state index in [4.69, 9.17) is 17.9 Å². The van der Waals surface area contributed by atoms with Gasteiger partial charge in [0.05, 0.1) is 45.8 Å². The Balaban J connectivity index is 1.09. The Morgan fingerprint density at radius 3 is 2.31 bits per heavy atom. The van der Waals surface area contributed by atoms with Crippen LogP contribution in [-0.4, -0.2) is 14.1 Å². The zero-order valence-corrected chi connectivity index (χ0v) is 41.0. The highest BCUT2D eigenvalue weighted by Gasteiger charge is 2.39. The van der Waals surface area contributed by atoms with Crippen LogP contribution in [-0.2, 0) is 16.2 Å². The number of nitrogens with zero attached hydrogens (tertiary/aromatic N) is 4. The minimum Gasteiger partial charge on any atom is -0.458 e. The molecule has 0 aliphatic heterocycles. The van der Waals surface area contributed by atoms with E-state index in [0.717, 1.165) is 62.7 Å². The highest BCUT2D eigenvalue weighted by Crippen LogP contribution is 2.50. The molecule has 0 fully saturated rings. The maximum absolute atomic E-state index is 9.65. The van der Waals surface area contributed by atoms with Crippen molar-refractivity contribution in [3.8, 4) is 50.9 Å². The second-order valence-corrected chi connectivity index (χ2v) is 21.2. The first-order valence-corrected chi connectivity index (χ1v) is 24.4. The van der Waals surface area contributed by atoms with E-state index in [-0.39, 0.29) is 39.1 Å². The van der Waals surface area contributed by atoms with E-state index in [1.165, 1.54) is 0 Å². The van der Waals surface area contributed by atoms with Crippen LogP contribution in [0.1, 0.15) is 110 Å². The summed E-state index contributed by atoms with van der Waals surface area (Å²) in [5, 5.41) is 2.13. The zero-order valence-electron chi connectivity index (χ0n) is 51.0. The molecule has 2 aliphatic carbocycles. The summed E-state index contributed by atoms with van der Waals surface area (Å²) in [7, 11) is 0. The summed E-state index contributed by atoms with van der Waals surface area (Å²) in [6.45, 7) is 15.4. The van der Waals surface area contributed by atoms with Crippen LogP contribution in [0.3, 0.4) is 0 Å². The number of rotatable bonds is 8. The van der Waals surface area contributed by atoms with E-state index in [1.54, 1.807) is 4.57 Å². The van der Waals surface area contributed by atoms with Gasteiger partial charge in [-0.3, -0.25) is 13.7 Å². The molecule has 3 aromatic heterocycles. The largest absolute Gasteiger partial charge is 0.458 e. The molecule has 2 aliphatic rings. The molecule has 0 spiro atoms. The molecular formula is C66H60N4O. The van der Waals surface area contributed by atoms with Gasteiger partial charge in [0.1, 0.15) is 17.3 Å². The van der Waals surface area contributed by atoms with Gasteiger partial charge in [-0.15, -0.1) is 0 Å². The molecule has 2 unspecified atom stereocenters. The first-order chi connectivity index (χ1) is 38.5. The van der Waals surface area contributed by atoms with Gasteiger partial charge in [-0.1, -0.05) is 176 Å². The van der Waals surface area contributed by atoms with Crippen molar-refractivity contribution in [2.45, 2.75) is 89.9 Å². The van der Waals surface area contributed by atoms with E-state index in [9.17, 15) is 5.48 Å². The quantitative estimate of drug-likeness (QED) is 0.112. The molecular weight excluding hydrogens is 865 g/mol. The maximum Gasteiger partial charge on any atom is 0.269 e. The third kappa shape index (κ3) is 7.79. The van der Waals surface area contributed by atoms with E-state index >= 15 is 0 Å². The summed E-state index contributed by atoms with van der Waals surface area (Å²) in [5.41, 5.74) is 8.73. The lowest BCUT2D eigenvalue weighted by Crippen LogP contribution is -2.34. The molecule has 350 valence electrons. The van der Waals surface area contributed by atoms with Crippen LogP contribution in [0.15, 0.2) is 194 Å². The fourth-order valence-corrected chi connectivity index (χ4v) is 10.8. The Morgan fingerprint density at radius 1 is 0.704 bits per heavy atom. The van der Waals surface area contributed by atoms with Crippen molar-refractivity contribution in [2.24, 2.45) is 0 Å². The van der Waals surface area contributed by atoms with Crippen molar-refractivity contribution in [2.75, 3.05) is 0 Å². The second-order valence-electron chi connectivity index (χ2n) is 21.2. The van der Waals surface area contributed by atoms with Crippen LogP contribution < -0.4 is 9.30 Å². The van der Waals surface area contributed by atoms with Crippen molar-refractivity contribution < 1.29 is 23.0 Å². The lowest BCUT2D eigenvalue weighted by molar-refractivity contribution is -0.572. The average molecular weight is 935 g/mol. The van der Waals surface area contributed by atoms with Crippen LogP contribution in [0.5, 0.6) is 11.5 Å². The molecule has 5 nitrogen and oxygen atoms in total. The summed E-state index contributed by atoms with van der Waals surface area (Å²) < 4.78 is 104. The molecule has 3 heterocycles. The molecule has 0 saturated carbocycles. The Hall–Kier alpha value is -7.76. The molecule has 7 aromatic carbocycles. The van der Waals surface area contributed by atoms with Gasteiger partial charge >= 0.3 is 0 Å². The predicted molar refractivity (Wildman–Crippen MR) is 293 cm³/mol. The van der Waals surface area contributed by atoms with Crippen LogP contribution in [0, 0.1) is 6.33 Å². The number of allylic oxidation sites excluding steroid dienone is 4. The third-order valence-corrected chi connectivity index (χ3v) is 14.6. The lowest BCUT2D eigenvalue weighted by Gasteiger charge is -2.43. The minimum absolute atomic E-state index is 0.0965. The summed E-state index contributed by atoms with van der Waals surface area (Å²) in [6, 6.07) is 39.3. The Labute approximate surface area is 432 Å². The number of ether oxygens (including phenoxy) is 1.